The standard InChI is InChI=1S/C26H24F2N4O/c1-30-22-3-2-12-29-25(22)23(17-24(30)33)31-13-15-32(16-14-31)26(18-4-8-20(27)9-5-18)19-6-10-21(28)11-7-19/h2-12,17,26H,13-16H2,1H3. The first kappa shape index (κ1) is 21.3. The van der Waals surface area contributed by atoms with Crippen LogP contribution in [0.4, 0.5) is 14.5 Å². The van der Waals surface area contributed by atoms with Crippen molar-refractivity contribution < 1.29 is 8.78 Å². The third-order valence-corrected chi connectivity index (χ3v) is 6.37. The fraction of sp³-hybridized carbons (Fsp3) is 0.231. The Morgan fingerprint density at radius 1 is 0.848 bits per heavy atom. The first-order chi connectivity index (χ1) is 16.0. The Bertz CT molecular complexity index is 1280. The van der Waals surface area contributed by atoms with Crippen LogP contribution in [0.2, 0.25) is 0 Å². The highest BCUT2D eigenvalue weighted by atomic mass is 19.1. The molecule has 0 aliphatic carbocycles. The molecule has 33 heavy (non-hydrogen) atoms. The molecule has 0 radical (unpaired) electrons. The maximum atomic E-state index is 13.6. The number of benzene rings is 2. The Labute approximate surface area is 190 Å². The molecule has 1 saturated heterocycles. The van der Waals surface area contributed by atoms with E-state index in [9.17, 15) is 13.6 Å². The van der Waals surface area contributed by atoms with E-state index in [1.807, 2.05) is 12.1 Å². The second kappa shape index (κ2) is 8.75. The zero-order valence-corrected chi connectivity index (χ0v) is 18.3. The second-order valence-corrected chi connectivity index (χ2v) is 8.33. The fourth-order valence-corrected chi connectivity index (χ4v) is 4.63. The first-order valence-electron chi connectivity index (χ1n) is 11.0. The minimum atomic E-state index is -0.286. The molecule has 7 heteroatoms. The van der Waals surface area contributed by atoms with E-state index in [4.69, 9.17) is 0 Å². The van der Waals surface area contributed by atoms with Gasteiger partial charge < -0.3 is 9.47 Å². The Kier molecular flexibility index (Phi) is 5.64. The Balaban J connectivity index is 1.45. The van der Waals surface area contributed by atoms with Crippen LogP contribution < -0.4 is 10.5 Å². The summed E-state index contributed by atoms with van der Waals surface area (Å²) in [4.78, 5) is 21.6. The van der Waals surface area contributed by atoms with E-state index in [0.29, 0.717) is 13.1 Å². The molecule has 0 atom stereocenters. The number of hydrogen-bond donors (Lipinski definition) is 0. The van der Waals surface area contributed by atoms with E-state index >= 15 is 0 Å². The summed E-state index contributed by atoms with van der Waals surface area (Å²) < 4.78 is 28.8. The maximum Gasteiger partial charge on any atom is 0.252 e. The number of halogens is 2. The number of anilines is 1. The van der Waals surface area contributed by atoms with Crippen LogP contribution >= 0.6 is 0 Å². The van der Waals surface area contributed by atoms with Gasteiger partial charge in [0.1, 0.15) is 17.2 Å². The fourth-order valence-electron chi connectivity index (χ4n) is 4.63. The average Bonchev–Trinajstić information content (AvgIpc) is 2.84. The van der Waals surface area contributed by atoms with E-state index in [1.54, 1.807) is 48.1 Å². The minimum Gasteiger partial charge on any atom is -0.367 e. The zero-order valence-electron chi connectivity index (χ0n) is 18.3. The molecule has 0 amide bonds. The number of nitrogens with zero attached hydrogens (tertiary/aromatic N) is 4. The van der Waals surface area contributed by atoms with E-state index < -0.39 is 0 Å². The molecule has 1 aliphatic heterocycles. The van der Waals surface area contributed by atoms with Crippen molar-refractivity contribution in [2.24, 2.45) is 7.05 Å². The van der Waals surface area contributed by atoms with E-state index in [2.05, 4.69) is 14.8 Å². The molecular formula is C26H24F2N4O. The van der Waals surface area contributed by atoms with Crippen LogP contribution in [0.25, 0.3) is 11.0 Å². The van der Waals surface area contributed by atoms with Crippen LogP contribution in [0.15, 0.2) is 77.7 Å². The van der Waals surface area contributed by atoms with Crippen LogP contribution in [-0.2, 0) is 7.05 Å². The summed E-state index contributed by atoms with van der Waals surface area (Å²) in [6.45, 7) is 2.86. The van der Waals surface area contributed by atoms with Gasteiger partial charge in [-0.05, 0) is 47.5 Å². The summed E-state index contributed by atoms with van der Waals surface area (Å²) in [5.74, 6) is -0.571. The highest BCUT2D eigenvalue weighted by Crippen LogP contribution is 2.31. The Morgan fingerprint density at radius 3 is 2.00 bits per heavy atom. The van der Waals surface area contributed by atoms with Crippen LogP contribution in [0.1, 0.15) is 17.2 Å². The number of piperazine rings is 1. The van der Waals surface area contributed by atoms with Gasteiger partial charge >= 0.3 is 0 Å². The van der Waals surface area contributed by atoms with Crippen LogP contribution in [0.5, 0.6) is 0 Å². The normalized spacial score (nSPS) is 14.8. The van der Waals surface area contributed by atoms with Crippen molar-refractivity contribution in [2.75, 3.05) is 31.1 Å². The molecule has 5 nitrogen and oxygen atoms in total. The lowest BCUT2D eigenvalue weighted by molar-refractivity contribution is 0.212. The summed E-state index contributed by atoms with van der Waals surface area (Å²) >= 11 is 0. The molecule has 1 fully saturated rings. The summed E-state index contributed by atoms with van der Waals surface area (Å²) in [6, 6.07) is 18.2. The van der Waals surface area contributed by atoms with Crippen molar-refractivity contribution >= 4 is 16.7 Å². The summed E-state index contributed by atoms with van der Waals surface area (Å²) in [5.41, 5.74) is 4.30. The minimum absolute atomic E-state index is 0.0663. The highest BCUT2D eigenvalue weighted by Gasteiger charge is 2.28. The van der Waals surface area contributed by atoms with Gasteiger partial charge in [-0.15, -0.1) is 0 Å². The number of fused-ring (bicyclic) bond motifs is 1. The van der Waals surface area contributed by atoms with Gasteiger partial charge in [0.2, 0.25) is 0 Å². The van der Waals surface area contributed by atoms with Gasteiger partial charge in [0.25, 0.3) is 5.56 Å². The van der Waals surface area contributed by atoms with Crippen LogP contribution in [-0.4, -0.2) is 40.6 Å². The van der Waals surface area contributed by atoms with Crippen molar-refractivity contribution in [2.45, 2.75) is 6.04 Å². The van der Waals surface area contributed by atoms with Crippen molar-refractivity contribution in [1.82, 2.24) is 14.5 Å². The predicted octanol–water partition coefficient (Wildman–Crippen LogP) is 4.12. The SMILES string of the molecule is Cn1c(=O)cc(N2CCN(C(c3ccc(F)cc3)c3ccc(F)cc3)CC2)c2ncccc21. The predicted molar refractivity (Wildman–Crippen MR) is 125 cm³/mol. The quantitative estimate of drug-likeness (QED) is 0.473. The lowest BCUT2D eigenvalue weighted by atomic mass is 9.96. The molecule has 0 unspecified atom stereocenters. The number of hydrogen-bond acceptors (Lipinski definition) is 4. The van der Waals surface area contributed by atoms with E-state index in [1.165, 1.54) is 24.3 Å². The van der Waals surface area contributed by atoms with Crippen molar-refractivity contribution in [1.29, 1.82) is 0 Å². The lowest BCUT2D eigenvalue weighted by Crippen LogP contribution is -2.48. The molecule has 0 bridgehead atoms. The maximum absolute atomic E-state index is 13.6. The molecular weight excluding hydrogens is 422 g/mol. The molecule has 2 aromatic carbocycles. The molecule has 4 aromatic rings. The van der Waals surface area contributed by atoms with Crippen LogP contribution in [0.3, 0.4) is 0 Å². The smallest absolute Gasteiger partial charge is 0.252 e. The van der Waals surface area contributed by atoms with Gasteiger partial charge in [-0.3, -0.25) is 14.7 Å². The number of aromatic nitrogens is 2. The third-order valence-electron chi connectivity index (χ3n) is 6.37. The van der Waals surface area contributed by atoms with E-state index in [0.717, 1.165) is 40.9 Å². The largest absolute Gasteiger partial charge is 0.367 e. The molecule has 0 spiro atoms. The molecule has 5 rings (SSSR count). The number of rotatable bonds is 4. The molecule has 1 aliphatic rings. The monoisotopic (exact) mass is 446 g/mol. The molecule has 3 heterocycles. The number of pyridine rings is 2. The van der Waals surface area contributed by atoms with Gasteiger partial charge in [0.15, 0.2) is 0 Å². The summed E-state index contributed by atoms with van der Waals surface area (Å²) in [6.07, 6.45) is 1.74. The number of aryl methyl sites for hydroxylation is 1. The molecule has 0 N–H and O–H groups in total. The van der Waals surface area contributed by atoms with Gasteiger partial charge in [0, 0.05) is 45.5 Å². The summed E-state index contributed by atoms with van der Waals surface area (Å²) in [7, 11) is 1.75. The van der Waals surface area contributed by atoms with Crippen molar-refractivity contribution in [3.8, 4) is 0 Å². The van der Waals surface area contributed by atoms with Crippen molar-refractivity contribution in [3.63, 3.8) is 0 Å². The van der Waals surface area contributed by atoms with E-state index in [-0.39, 0.29) is 23.2 Å². The third kappa shape index (κ3) is 4.12. The Hall–Kier alpha value is -3.58. The second-order valence-electron chi connectivity index (χ2n) is 8.33. The van der Waals surface area contributed by atoms with Gasteiger partial charge in [0.05, 0.1) is 17.2 Å². The van der Waals surface area contributed by atoms with Gasteiger partial charge in [-0.1, -0.05) is 24.3 Å². The Morgan fingerprint density at radius 2 is 1.42 bits per heavy atom. The van der Waals surface area contributed by atoms with Crippen LogP contribution in [0, 0.1) is 11.6 Å². The van der Waals surface area contributed by atoms with Gasteiger partial charge in [-0.25, -0.2) is 8.78 Å². The highest BCUT2D eigenvalue weighted by molar-refractivity contribution is 5.88. The zero-order chi connectivity index (χ0) is 22.9. The first-order valence-corrected chi connectivity index (χ1v) is 11.0. The topological polar surface area (TPSA) is 41.4 Å². The molecule has 168 valence electrons. The summed E-state index contributed by atoms with van der Waals surface area (Å²) in [5, 5.41) is 0. The van der Waals surface area contributed by atoms with Gasteiger partial charge in [-0.2, -0.15) is 0 Å². The lowest BCUT2D eigenvalue weighted by Gasteiger charge is -2.40. The average molecular weight is 447 g/mol. The van der Waals surface area contributed by atoms with Crippen molar-refractivity contribution in [3.05, 3.63) is 106 Å². The molecule has 2 aromatic heterocycles. The molecule has 0 saturated carbocycles.